The molecule has 2 saturated carbocycles. The second kappa shape index (κ2) is 11.6. The van der Waals surface area contributed by atoms with Crippen LogP contribution in [0.4, 0.5) is 8.78 Å². The second-order valence-corrected chi connectivity index (χ2v) is 11.9. The van der Waals surface area contributed by atoms with E-state index in [9.17, 15) is 4.79 Å². The summed E-state index contributed by atoms with van der Waals surface area (Å²) in [6, 6.07) is 15.6. The number of esters is 1. The number of benzene rings is 3. The third-order valence-corrected chi connectivity index (χ3v) is 8.80. The molecule has 40 heavy (non-hydrogen) atoms. The van der Waals surface area contributed by atoms with Gasteiger partial charge in [-0.25, -0.2) is 8.78 Å². The zero-order valence-electron chi connectivity index (χ0n) is 23.8. The summed E-state index contributed by atoms with van der Waals surface area (Å²) in [7, 11) is 2.95. The maximum atomic E-state index is 15.6. The highest BCUT2D eigenvalue weighted by atomic mass is 19.1. The standard InChI is InChI=1S/C34H38F2O4/c1-34(2)14-6-9-30(34)28-16-23(32(36)18-27(28)29-17-24(38-3)12-13-31(29)35)20-40-25-8-5-7-22(15-25)26(21-10-11-21)19-33(37)39-4/h5,7-8,12-13,15-18,21,26,30H,6,9-11,14,19-20H2,1-4H3/t26?,30-/m0/s1. The Balaban J connectivity index is 1.46. The van der Waals surface area contributed by atoms with Crippen molar-refractivity contribution in [3.63, 3.8) is 0 Å². The zero-order valence-corrected chi connectivity index (χ0v) is 23.8. The summed E-state index contributed by atoms with van der Waals surface area (Å²) in [5, 5.41) is 0. The van der Waals surface area contributed by atoms with Crippen LogP contribution in [0.1, 0.15) is 80.9 Å². The molecule has 5 rings (SSSR count). The molecule has 0 N–H and O–H groups in total. The minimum Gasteiger partial charge on any atom is -0.497 e. The van der Waals surface area contributed by atoms with Crippen molar-refractivity contribution in [1.29, 1.82) is 0 Å². The van der Waals surface area contributed by atoms with Gasteiger partial charge in [0.1, 0.15) is 29.7 Å². The van der Waals surface area contributed by atoms with Crippen LogP contribution in [-0.4, -0.2) is 20.2 Å². The van der Waals surface area contributed by atoms with Gasteiger partial charge in [0.2, 0.25) is 0 Å². The smallest absolute Gasteiger partial charge is 0.306 e. The third kappa shape index (κ3) is 6.01. The van der Waals surface area contributed by atoms with Crippen molar-refractivity contribution in [1.82, 2.24) is 0 Å². The molecule has 3 aromatic carbocycles. The lowest BCUT2D eigenvalue weighted by atomic mass is 9.75. The average Bonchev–Trinajstić information content (AvgIpc) is 3.73. The third-order valence-electron chi connectivity index (χ3n) is 8.80. The first kappa shape index (κ1) is 28.1. The van der Waals surface area contributed by atoms with Crippen LogP contribution in [0.3, 0.4) is 0 Å². The van der Waals surface area contributed by atoms with Gasteiger partial charge in [-0.2, -0.15) is 0 Å². The Morgan fingerprint density at radius 1 is 0.950 bits per heavy atom. The van der Waals surface area contributed by atoms with Gasteiger partial charge in [-0.15, -0.1) is 0 Å². The van der Waals surface area contributed by atoms with Crippen LogP contribution in [-0.2, 0) is 16.1 Å². The molecular formula is C34H38F2O4. The molecule has 0 heterocycles. The molecule has 2 aliphatic carbocycles. The van der Waals surface area contributed by atoms with E-state index >= 15 is 8.78 Å². The van der Waals surface area contributed by atoms with Gasteiger partial charge in [-0.05, 0) is 108 Å². The molecule has 0 saturated heterocycles. The second-order valence-electron chi connectivity index (χ2n) is 11.9. The van der Waals surface area contributed by atoms with Gasteiger partial charge in [0.25, 0.3) is 0 Å². The van der Waals surface area contributed by atoms with Crippen LogP contribution in [0.5, 0.6) is 11.5 Å². The summed E-state index contributed by atoms with van der Waals surface area (Å²) in [6.45, 7) is 4.50. The fourth-order valence-electron chi connectivity index (χ4n) is 6.32. The van der Waals surface area contributed by atoms with E-state index in [0.29, 0.717) is 40.5 Å². The monoisotopic (exact) mass is 548 g/mol. The lowest BCUT2D eigenvalue weighted by Gasteiger charge is -2.30. The van der Waals surface area contributed by atoms with E-state index in [1.807, 2.05) is 30.3 Å². The number of hydrogen-bond acceptors (Lipinski definition) is 4. The number of rotatable bonds is 10. The Kier molecular flexibility index (Phi) is 8.16. The van der Waals surface area contributed by atoms with E-state index in [0.717, 1.165) is 43.2 Å². The predicted octanol–water partition coefficient (Wildman–Crippen LogP) is 8.57. The van der Waals surface area contributed by atoms with Crippen molar-refractivity contribution in [3.05, 3.63) is 82.9 Å². The van der Waals surface area contributed by atoms with E-state index in [-0.39, 0.29) is 29.8 Å². The summed E-state index contributed by atoms with van der Waals surface area (Å²) in [5.74, 6) is 0.795. The largest absolute Gasteiger partial charge is 0.497 e. The van der Waals surface area contributed by atoms with E-state index in [1.54, 1.807) is 12.1 Å². The minimum atomic E-state index is -0.436. The molecule has 212 valence electrons. The first-order chi connectivity index (χ1) is 19.2. The van der Waals surface area contributed by atoms with Crippen molar-refractivity contribution in [3.8, 4) is 22.6 Å². The average molecular weight is 549 g/mol. The van der Waals surface area contributed by atoms with Gasteiger partial charge in [-0.3, -0.25) is 4.79 Å². The quantitative estimate of drug-likeness (QED) is 0.238. The van der Waals surface area contributed by atoms with Crippen molar-refractivity contribution in [2.24, 2.45) is 11.3 Å². The van der Waals surface area contributed by atoms with Crippen LogP contribution in [0, 0.1) is 23.0 Å². The number of carbonyl (C=O) groups is 1. The molecule has 0 spiro atoms. The summed E-state index contributed by atoms with van der Waals surface area (Å²) in [4.78, 5) is 12.0. The Morgan fingerprint density at radius 3 is 2.42 bits per heavy atom. The number of hydrogen-bond donors (Lipinski definition) is 0. The summed E-state index contributed by atoms with van der Waals surface area (Å²) < 4.78 is 47.1. The van der Waals surface area contributed by atoms with Gasteiger partial charge in [0.05, 0.1) is 20.6 Å². The Bertz CT molecular complexity index is 1380. The summed E-state index contributed by atoms with van der Waals surface area (Å²) in [5.41, 5.74) is 3.32. The predicted molar refractivity (Wildman–Crippen MR) is 152 cm³/mol. The molecule has 1 unspecified atom stereocenters. The molecule has 0 aliphatic heterocycles. The molecule has 4 nitrogen and oxygen atoms in total. The molecule has 2 aliphatic rings. The molecule has 0 aromatic heterocycles. The van der Waals surface area contributed by atoms with Crippen molar-refractivity contribution in [2.75, 3.05) is 14.2 Å². The van der Waals surface area contributed by atoms with E-state index in [2.05, 4.69) is 13.8 Å². The van der Waals surface area contributed by atoms with E-state index < -0.39 is 11.6 Å². The van der Waals surface area contributed by atoms with Gasteiger partial charge in [-0.1, -0.05) is 32.4 Å². The molecule has 0 amide bonds. The van der Waals surface area contributed by atoms with E-state index in [1.165, 1.54) is 26.4 Å². The first-order valence-electron chi connectivity index (χ1n) is 14.2. The lowest BCUT2D eigenvalue weighted by molar-refractivity contribution is -0.141. The van der Waals surface area contributed by atoms with Crippen LogP contribution >= 0.6 is 0 Å². The fourth-order valence-corrected chi connectivity index (χ4v) is 6.32. The first-order valence-corrected chi connectivity index (χ1v) is 14.2. The summed E-state index contributed by atoms with van der Waals surface area (Å²) >= 11 is 0. The van der Waals surface area contributed by atoms with Crippen molar-refractivity contribution < 1.29 is 27.8 Å². The van der Waals surface area contributed by atoms with Crippen LogP contribution < -0.4 is 9.47 Å². The highest BCUT2D eigenvalue weighted by molar-refractivity contribution is 5.71. The normalized spacial score (nSPS) is 18.8. The molecule has 2 atom stereocenters. The van der Waals surface area contributed by atoms with Crippen molar-refractivity contribution in [2.45, 2.75) is 70.8 Å². The molecule has 0 radical (unpaired) electrons. The van der Waals surface area contributed by atoms with Crippen LogP contribution in [0.2, 0.25) is 0 Å². The SMILES string of the molecule is COC(=O)CC(c1cccc(OCc2cc([C@@H]3CCCC3(C)C)c(-c3cc(OC)ccc3F)cc2F)c1)C1CC1. The van der Waals surface area contributed by atoms with E-state index in [4.69, 9.17) is 14.2 Å². The molecule has 2 fully saturated rings. The minimum absolute atomic E-state index is 0.00580. The topological polar surface area (TPSA) is 44.8 Å². The van der Waals surface area contributed by atoms with Gasteiger partial charge >= 0.3 is 5.97 Å². The van der Waals surface area contributed by atoms with Crippen LogP contribution in [0.15, 0.2) is 54.6 Å². The summed E-state index contributed by atoms with van der Waals surface area (Å²) in [6.07, 6.45) is 5.62. The van der Waals surface area contributed by atoms with Gasteiger partial charge in [0, 0.05) is 11.1 Å². The fraction of sp³-hybridized carbons (Fsp3) is 0.441. The van der Waals surface area contributed by atoms with Gasteiger partial charge < -0.3 is 14.2 Å². The highest BCUT2D eigenvalue weighted by Crippen LogP contribution is 2.52. The Labute approximate surface area is 235 Å². The maximum Gasteiger partial charge on any atom is 0.306 e. The highest BCUT2D eigenvalue weighted by Gasteiger charge is 2.38. The molecule has 6 heteroatoms. The van der Waals surface area contributed by atoms with Crippen molar-refractivity contribution >= 4 is 5.97 Å². The Morgan fingerprint density at radius 2 is 1.75 bits per heavy atom. The number of carbonyl (C=O) groups excluding carboxylic acids is 1. The lowest BCUT2D eigenvalue weighted by Crippen LogP contribution is -2.17. The number of ether oxygens (including phenoxy) is 3. The zero-order chi connectivity index (χ0) is 28.4. The van der Waals surface area contributed by atoms with Crippen LogP contribution in [0.25, 0.3) is 11.1 Å². The molecular weight excluding hydrogens is 510 g/mol. The maximum absolute atomic E-state index is 15.6. The molecule has 3 aromatic rings. The Hall–Kier alpha value is -3.41. The van der Waals surface area contributed by atoms with Gasteiger partial charge in [0.15, 0.2) is 0 Å². The molecule has 0 bridgehead atoms. The number of halogens is 2. The number of methoxy groups -OCH3 is 2.